The highest BCUT2D eigenvalue weighted by molar-refractivity contribution is 7.99. The number of nitrogens with one attached hydrogen (secondary N) is 1. The lowest BCUT2D eigenvalue weighted by Crippen LogP contribution is -2.25. The summed E-state index contributed by atoms with van der Waals surface area (Å²) in [6.07, 6.45) is 2.91. The van der Waals surface area contributed by atoms with Gasteiger partial charge in [0.05, 0.1) is 19.3 Å². The van der Waals surface area contributed by atoms with Crippen LogP contribution in [0.5, 0.6) is 5.75 Å². The monoisotopic (exact) mass is 353 g/mol. The number of thioether (sulfide) groups is 1. The Hall–Kier alpha value is -1.80. The van der Waals surface area contributed by atoms with Gasteiger partial charge in [0.25, 0.3) is 0 Å². The van der Waals surface area contributed by atoms with Crippen LogP contribution in [-0.2, 0) is 11.3 Å². The van der Waals surface area contributed by atoms with Gasteiger partial charge in [-0.3, -0.25) is 4.57 Å². The minimum absolute atomic E-state index is 0.0986. The topological polar surface area (TPSA) is 69.1 Å². The first-order chi connectivity index (χ1) is 11.7. The highest BCUT2D eigenvalue weighted by atomic mass is 32.2. The molecule has 1 aromatic heterocycles. The third-order valence-electron chi connectivity index (χ3n) is 3.74. The van der Waals surface area contributed by atoms with Gasteiger partial charge in [-0.05, 0) is 43.5 Å². The first kappa shape index (κ1) is 17.0. The molecule has 6 nitrogen and oxygen atoms in total. The molecule has 1 aromatic carbocycles. The van der Waals surface area contributed by atoms with Crippen LogP contribution >= 0.6 is 11.8 Å². The van der Waals surface area contributed by atoms with Crippen LogP contribution < -0.4 is 10.4 Å². The molecule has 24 heavy (non-hydrogen) atoms. The fraction of sp³-hybridized carbons (Fsp3) is 0.500. The smallest absolute Gasteiger partial charge is 0.344 e. The molecule has 1 unspecified atom stereocenters. The Morgan fingerprint density at radius 3 is 3.00 bits per heavy atom. The van der Waals surface area contributed by atoms with E-state index in [0.717, 1.165) is 31.6 Å². The van der Waals surface area contributed by atoms with Crippen LogP contribution in [0.25, 0.3) is 0 Å². The molecular formula is C16H20FN3O3S. The molecule has 1 saturated heterocycles. The first-order valence-electron chi connectivity index (χ1n) is 8.00. The number of halogens is 1. The average Bonchev–Trinajstić information content (AvgIpc) is 3.21. The minimum atomic E-state index is -0.277. The van der Waals surface area contributed by atoms with E-state index in [-0.39, 0.29) is 17.6 Å². The van der Waals surface area contributed by atoms with Crippen LogP contribution in [0.15, 0.2) is 34.2 Å². The SMILES string of the molecule is O=c1[nH]nc(SCCCOc2ccc(F)cc2)n1CC1CCCO1. The Labute approximate surface area is 143 Å². The summed E-state index contributed by atoms with van der Waals surface area (Å²) in [5.74, 6) is 1.15. The molecule has 2 aromatic rings. The molecule has 1 atom stereocenters. The largest absolute Gasteiger partial charge is 0.494 e. The molecule has 1 fully saturated rings. The van der Waals surface area contributed by atoms with Crippen molar-refractivity contribution in [1.82, 2.24) is 14.8 Å². The summed E-state index contributed by atoms with van der Waals surface area (Å²) in [5, 5.41) is 7.25. The van der Waals surface area contributed by atoms with Gasteiger partial charge in [-0.15, -0.1) is 5.10 Å². The zero-order chi connectivity index (χ0) is 16.8. The van der Waals surface area contributed by atoms with Crippen molar-refractivity contribution in [3.05, 3.63) is 40.6 Å². The van der Waals surface area contributed by atoms with Crippen LogP contribution in [0.2, 0.25) is 0 Å². The molecule has 0 radical (unpaired) electrons. The molecule has 1 N–H and O–H groups in total. The Morgan fingerprint density at radius 2 is 2.25 bits per heavy atom. The summed E-state index contributed by atoms with van der Waals surface area (Å²) in [5.41, 5.74) is -0.199. The number of rotatable bonds is 8. The van der Waals surface area contributed by atoms with Gasteiger partial charge < -0.3 is 9.47 Å². The second kappa shape index (κ2) is 8.34. The molecule has 3 rings (SSSR count). The maximum Gasteiger partial charge on any atom is 0.344 e. The van der Waals surface area contributed by atoms with Gasteiger partial charge >= 0.3 is 5.69 Å². The fourth-order valence-corrected chi connectivity index (χ4v) is 3.38. The third-order valence-corrected chi connectivity index (χ3v) is 4.80. The normalized spacial score (nSPS) is 17.3. The summed E-state index contributed by atoms with van der Waals surface area (Å²) in [6, 6.07) is 5.96. The van der Waals surface area contributed by atoms with Crippen LogP contribution in [0.1, 0.15) is 19.3 Å². The van der Waals surface area contributed by atoms with Crippen LogP contribution in [-0.4, -0.2) is 39.8 Å². The predicted molar refractivity (Wildman–Crippen MR) is 89.1 cm³/mol. The Morgan fingerprint density at radius 1 is 1.42 bits per heavy atom. The van der Waals surface area contributed by atoms with Crippen molar-refractivity contribution >= 4 is 11.8 Å². The molecule has 0 spiro atoms. The van der Waals surface area contributed by atoms with Crippen LogP contribution in [0.4, 0.5) is 4.39 Å². The average molecular weight is 353 g/mol. The van der Waals surface area contributed by atoms with E-state index in [9.17, 15) is 9.18 Å². The molecule has 0 amide bonds. The van der Waals surface area contributed by atoms with Crippen molar-refractivity contribution in [1.29, 1.82) is 0 Å². The van der Waals surface area contributed by atoms with E-state index in [1.807, 2.05) is 0 Å². The van der Waals surface area contributed by atoms with Gasteiger partial charge in [-0.2, -0.15) is 0 Å². The van der Waals surface area contributed by atoms with E-state index < -0.39 is 0 Å². The number of nitrogens with zero attached hydrogens (tertiary/aromatic N) is 2. The number of hydrogen-bond donors (Lipinski definition) is 1. The fourth-order valence-electron chi connectivity index (χ4n) is 2.51. The number of aromatic amines is 1. The van der Waals surface area contributed by atoms with Crippen molar-refractivity contribution in [2.45, 2.75) is 37.1 Å². The molecule has 0 saturated carbocycles. The van der Waals surface area contributed by atoms with E-state index >= 15 is 0 Å². The quantitative estimate of drug-likeness (QED) is 0.583. The highest BCUT2D eigenvalue weighted by Crippen LogP contribution is 2.19. The Bertz CT molecular complexity index is 695. The lowest BCUT2D eigenvalue weighted by Gasteiger charge is -2.11. The Balaban J connectivity index is 1.43. The van der Waals surface area contributed by atoms with Gasteiger partial charge in [0.1, 0.15) is 11.6 Å². The summed E-state index contributed by atoms with van der Waals surface area (Å²) in [7, 11) is 0. The van der Waals surface area contributed by atoms with E-state index in [0.29, 0.717) is 24.1 Å². The summed E-state index contributed by atoms with van der Waals surface area (Å²) >= 11 is 1.51. The molecule has 1 aliphatic heterocycles. The molecule has 2 heterocycles. The van der Waals surface area contributed by atoms with Crippen molar-refractivity contribution in [2.75, 3.05) is 19.0 Å². The molecule has 130 valence electrons. The zero-order valence-corrected chi connectivity index (χ0v) is 14.1. The van der Waals surface area contributed by atoms with Crippen molar-refractivity contribution in [2.24, 2.45) is 0 Å². The molecule has 0 aliphatic carbocycles. The van der Waals surface area contributed by atoms with Gasteiger partial charge in [-0.25, -0.2) is 14.3 Å². The van der Waals surface area contributed by atoms with Crippen LogP contribution in [0.3, 0.4) is 0 Å². The van der Waals surface area contributed by atoms with E-state index in [1.165, 1.54) is 23.9 Å². The number of H-pyrrole nitrogens is 1. The van der Waals surface area contributed by atoms with Gasteiger partial charge in [0, 0.05) is 12.4 Å². The highest BCUT2D eigenvalue weighted by Gasteiger charge is 2.19. The second-order valence-electron chi connectivity index (χ2n) is 5.56. The summed E-state index contributed by atoms with van der Waals surface area (Å²) in [4.78, 5) is 11.8. The standard InChI is InChI=1S/C16H20FN3O3S/c17-12-4-6-13(7-5-12)22-9-2-10-24-16-19-18-15(21)20(16)11-14-3-1-8-23-14/h4-7,14H,1-3,8-11H2,(H,18,21). The van der Waals surface area contributed by atoms with E-state index in [1.54, 1.807) is 16.7 Å². The molecule has 0 bridgehead atoms. The lowest BCUT2D eigenvalue weighted by molar-refractivity contribution is 0.0941. The van der Waals surface area contributed by atoms with Gasteiger partial charge in [0.15, 0.2) is 5.16 Å². The number of benzene rings is 1. The summed E-state index contributed by atoms with van der Waals surface area (Å²) in [6.45, 7) is 1.84. The minimum Gasteiger partial charge on any atom is -0.494 e. The van der Waals surface area contributed by atoms with Crippen molar-refractivity contribution < 1.29 is 13.9 Å². The first-order valence-corrected chi connectivity index (χ1v) is 8.99. The maximum absolute atomic E-state index is 12.8. The zero-order valence-electron chi connectivity index (χ0n) is 13.2. The van der Waals surface area contributed by atoms with Crippen molar-refractivity contribution in [3.8, 4) is 5.75 Å². The molecule has 1 aliphatic rings. The molecule has 8 heteroatoms. The number of ether oxygens (including phenoxy) is 2. The van der Waals surface area contributed by atoms with Crippen LogP contribution in [0, 0.1) is 5.82 Å². The maximum atomic E-state index is 12.8. The van der Waals surface area contributed by atoms with Gasteiger partial charge in [-0.1, -0.05) is 11.8 Å². The lowest BCUT2D eigenvalue weighted by atomic mass is 10.2. The van der Waals surface area contributed by atoms with Gasteiger partial charge in [0.2, 0.25) is 0 Å². The Kier molecular flexibility index (Phi) is 5.92. The summed E-state index contributed by atoms with van der Waals surface area (Å²) < 4.78 is 25.6. The number of hydrogen-bond acceptors (Lipinski definition) is 5. The predicted octanol–water partition coefficient (Wildman–Crippen LogP) is 2.45. The van der Waals surface area contributed by atoms with Crippen molar-refractivity contribution in [3.63, 3.8) is 0 Å². The molecular weight excluding hydrogens is 333 g/mol. The van der Waals surface area contributed by atoms with E-state index in [2.05, 4.69) is 10.2 Å². The second-order valence-corrected chi connectivity index (χ2v) is 6.62. The third kappa shape index (κ3) is 4.61. The number of aromatic nitrogens is 3. The van der Waals surface area contributed by atoms with E-state index in [4.69, 9.17) is 9.47 Å².